The number of nitrogens with one attached hydrogen (secondary N) is 3. The van der Waals surface area contributed by atoms with E-state index in [-0.39, 0.29) is 30.3 Å². The third-order valence-electron chi connectivity index (χ3n) is 4.15. The lowest BCUT2D eigenvalue weighted by Gasteiger charge is -2.46. The first-order valence-electron chi connectivity index (χ1n) is 7.01. The molecule has 4 heteroatoms. The van der Waals surface area contributed by atoms with E-state index in [0.717, 1.165) is 0 Å². The molecule has 2 saturated heterocycles. The van der Waals surface area contributed by atoms with Crippen molar-refractivity contribution in [2.75, 3.05) is 0 Å². The fourth-order valence-corrected chi connectivity index (χ4v) is 3.24. The molecule has 0 spiro atoms. The minimum atomic E-state index is 0.0242. The Morgan fingerprint density at radius 3 is 2.53 bits per heavy atom. The molecule has 0 aromatic heterocycles. The van der Waals surface area contributed by atoms with Gasteiger partial charge in [0.25, 0.3) is 0 Å². The highest BCUT2D eigenvalue weighted by Crippen LogP contribution is 2.26. The van der Waals surface area contributed by atoms with Gasteiger partial charge >= 0.3 is 0 Å². The van der Waals surface area contributed by atoms with Crippen LogP contribution in [0.3, 0.4) is 0 Å². The second kappa shape index (κ2) is 5.04. The number of carbonyl (C=O) groups is 1. The van der Waals surface area contributed by atoms with Crippen molar-refractivity contribution in [1.29, 1.82) is 0 Å². The summed E-state index contributed by atoms with van der Waals surface area (Å²) in [5, 5.41) is 10.5. The van der Waals surface area contributed by atoms with Crippen LogP contribution in [0.4, 0.5) is 0 Å². The summed E-state index contributed by atoms with van der Waals surface area (Å²) in [6, 6.07) is 10.7. The van der Waals surface area contributed by atoms with E-state index in [1.165, 1.54) is 5.56 Å². The lowest BCUT2D eigenvalue weighted by Crippen LogP contribution is -2.68. The van der Waals surface area contributed by atoms with Crippen LogP contribution in [-0.4, -0.2) is 24.0 Å². The molecule has 1 aromatic carbocycles. The topological polar surface area (TPSA) is 53.2 Å². The zero-order chi connectivity index (χ0) is 13.4. The van der Waals surface area contributed by atoms with Gasteiger partial charge in [0.1, 0.15) is 5.78 Å². The number of rotatable bonds is 1. The summed E-state index contributed by atoms with van der Waals surface area (Å²) < 4.78 is 0. The summed E-state index contributed by atoms with van der Waals surface area (Å²) in [7, 11) is 0. The van der Waals surface area contributed by atoms with Crippen LogP contribution in [0.15, 0.2) is 30.3 Å². The van der Waals surface area contributed by atoms with Gasteiger partial charge in [0.05, 0.1) is 18.2 Å². The van der Waals surface area contributed by atoms with Crippen molar-refractivity contribution in [2.45, 2.75) is 44.7 Å². The van der Waals surface area contributed by atoms with Crippen molar-refractivity contribution in [1.82, 2.24) is 16.0 Å². The third kappa shape index (κ3) is 2.43. The number of Topliss-reactive ketones (excluding diaryl/α,β-unsaturated/α-hetero) is 1. The number of fused-ring (bicyclic) bond motifs is 1. The molecule has 0 amide bonds. The Balaban J connectivity index is 1.81. The van der Waals surface area contributed by atoms with Crippen molar-refractivity contribution in [3.63, 3.8) is 0 Å². The van der Waals surface area contributed by atoms with E-state index in [9.17, 15) is 4.79 Å². The number of hydrogen-bond acceptors (Lipinski definition) is 4. The van der Waals surface area contributed by atoms with Crippen LogP contribution in [0.1, 0.15) is 32.0 Å². The fourth-order valence-electron chi connectivity index (χ4n) is 3.24. The number of carbonyl (C=O) groups excluding carboxylic acids is 1. The molecule has 3 rings (SSSR count). The molecule has 5 unspecified atom stereocenters. The predicted octanol–water partition coefficient (Wildman–Crippen LogP) is 1.16. The summed E-state index contributed by atoms with van der Waals surface area (Å²) in [4.78, 5) is 12.2. The summed E-state index contributed by atoms with van der Waals surface area (Å²) in [5.41, 5.74) is 1.21. The number of benzene rings is 1. The average Bonchev–Trinajstić information content (AvgIpc) is 2.38. The maximum absolute atomic E-state index is 12.2. The molecule has 1 aromatic rings. The number of ketones is 1. The van der Waals surface area contributed by atoms with Gasteiger partial charge in [-0.15, -0.1) is 0 Å². The highest BCUT2D eigenvalue weighted by molar-refractivity contribution is 5.84. The van der Waals surface area contributed by atoms with Gasteiger partial charge in [-0.25, -0.2) is 0 Å². The average molecular weight is 259 g/mol. The van der Waals surface area contributed by atoms with Crippen molar-refractivity contribution in [3.8, 4) is 0 Å². The smallest absolute Gasteiger partial charge is 0.141 e. The summed E-state index contributed by atoms with van der Waals surface area (Å²) in [5.74, 6) is 0.381. The molecule has 102 valence electrons. The van der Waals surface area contributed by atoms with Crippen LogP contribution in [0.2, 0.25) is 0 Å². The highest BCUT2D eigenvalue weighted by atomic mass is 16.1. The lowest BCUT2D eigenvalue weighted by molar-refractivity contribution is -0.129. The van der Waals surface area contributed by atoms with Crippen LogP contribution in [0.25, 0.3) is 0 Å². The van der Waals surface area contributed by atoms with Crippen LogP contribution >= 0.6 is 0 Å². The molecule has 0 saturated carbocycles. The molecule has 0 radical (unpaired) electrons. The van der Waals surface area contributed by atoms with Gasteiger partial charge in [0.2, 0.25) is 0 Å². The predicted molar refractivity (Wildman–Crippen MR) is 74.4 cm³/mol. The molecule has 2 heterocycles. The fraction of sp³-hybridized carbons (Fsp3) is 0.533. The Morgan fingerprint density at radius 2 is 1.79 bits per heavy atom. The van der Waals surface area contributed by atoms with Gasteiger partial charge in [-0.2, -0.15) is 0 Å². The first-order chi connectivity index (χ1) is 9.15. The molecular formula is C15H21N3O. The zero-order valence-electron chi connectivity index (χ0n) is 11.4. The molecule has 2 aliphatic heterocycles. The largest absolute Gasteiger partial charge is 0.299 e. The molecule has 2 fully saturated rings. The lowest BCUT2D eigenvalue weighted by atomic mass is 9.83. The Hall–Kier alpha value is -1.23. The van der Waals surface area contributed by atoms with Gasteiger partial charge < -0.3 is 0 Å². The van der Waals surface area contributed by atoms with E-state index in [2.05, 4.69) is 41.9 Å². The van der Waals surface area contributed by atoms with Gasteiger partial charge in [0, 0.05) is 18.5 Å². The maximum Gasteiger partial charge on any atom is 0.141 e. The SMILES string of the molecule is CC1CC(=O)C2C(C)NC(c3ccccc3)NC2N1. The second-order valence-electron chi connectivity index (χ2n) is 5.71. The maximum atomic E-state index is 12.2. The van der Waals surface area contributed by atoms with Gasteiger partial charge in [-0.1, -0.05) is 30.3 Å². The molecular weight excluding hydrogens is 238 g/mol. The van der Waals surface area contributed by atoms with E-state index in [1.807, 2.05) is 18.2 Å². The van der Waals surface area contributed by atoms with Crippen LogP contribution in [0.5, 0.6) is 0 Å². The minimum absolute atomic E-state index is 0.0242. The molecule has 5 atom stereocenters. The molecule has 19 heavy (non-hydrogen) atoms. The van der Waals surface area contributed by atoms with E-state index < -0.39 is 0 Å². The van der Waals surface area contributed by atoms with Crippen molar-refractivity contribution < 1.29 is 4.79 Å². The van der Waals surface area contributed by atoms with E-state index >= 15 is 0 Å². The molecule has 4 nitrogen and oxygen atoms in total. The molecule has 2 aliphatic rings. The van der Waals surface area contributed by atoms with E-state index in [0.29, 0.717) is 12.2 Å². The minimum Gasteiger partial charge on any atom is -0.299 e. The Labute approximate surface area is 114 Å². The second-order valence-corrected chi connectivity index (χ2v) is 5.71. The van der Waals surface area contributed by atoms with E-state index in [4.69, 9.17) is 0 Å². The van der Waals surface area contributed by atoms with Crippen molar-refractivity contribution in [3.05, 3.63) is 35.9 Å². The number of hydrogen-bond donors (Lipinski definition) is 3. The molecule has 0 bridgehead atoms. The van der Waals surface area contributed by atoms with Crippen LogP contribution in [0, 0.1) is 5.92 Å². The molecule has 3 N–H and O–H groups in total. The Bertz CT molecular complexity index is 462. The normalized spacial score (nSPS) is 38.8. The summed E-state index contributed by atoms with van der Waals surface area (Å²) in [6.45, 7) is 4.17. The van der Waals surface area contributed by atoms with Crippen molar-refractivity contribution >= 4 is 5.78 Å². The first kappa shape index (κ1) is 12.8. The summed E-state index contributed by atoms with van der Waals surface area (Å²) >= 11 is 0. The highest BCUT2D eigenvalue weighted by Gasteiger charge is 2.42. The Kier molecular flexibility index (Phi) is 3.39. The van der Waals surface area contributed by atoms with Gasteiger partial charge in [0.15, 0.2) is 0 Å². The number of piperidine rings is 1. The van der Waals surface area contributed by atoms with Gasteiger partial charge in [-0.05, 0) is 19.4 Å². The third-order valence-corrected chi connectivity index (χ3v) is 4.15. The van der Waals surface area contributed by atoms with Crippen molar-refractivity contribution in [2.24, 2.45) is 5.92 Å². The van der Waals surface area contributed by atoms with E-state index in [1.54, 1.807) is 0 Å². The first-order valence-corrected chi connectivity index (χ1v) is 7.01. The summed E-state index contributed by atoms with van der Waals surface area (Å²) in [6.07, 6.45) is 0.797. The molecule has 0 aliphatic carbocycles. The zero-order valence-corrected chi connectivity index (χ0v) is 11.4. The van der Waals surface area contributed by atoms with Gasteiger partial charge in [-0.3, -0.25) is 20.7 Å². The standard InChI is InChI=1S/C15H21N3O/c1-9-8-12(19)13-10(2)17-14(18-15(13)16-9)11-6-4-3-5-7-11/h3-7,9-10,13-18H,8H2,1-2H3. The Morgan fingerprint density at radius 1 is 1.05 bits per heavy atom. The van der Waals surface area contributed by atoms with Crippen LogP contribution < -0.4 is 16.0 Å². The quantitative estimate of drug-likeness (QED) is 0.708. The van der Waals surface area contributed by atoms with Crippen LogP contribution in [-0.2, 0) is 4.79 Å². The monoisotopic (exact) mass is 259 g/mol.